The van der Waals surface area contributed by atoms with Crippen molar-refractivity contribution in [1.82, 2.24) is 0 Å². The first-order valence-corrected chi connectivity index (χ1v) is 4.68. The third-order valence-corrected chi connectivity index (χ3v) is 2.94. The van der Waals surface area contributed by atoms with Gasteiger partial charge in [-0.15, -0.1) is 11.8 Å². The molecule has 1 unspecified atom stereocenters. The van der Waals surface area contributed by atoms with Crippen LogP contribution in [0.1, 0.15) is 40.0 Å². The second-order valence-corrected chi connectivity index (χ2v) is 3.76. The van der Waals surface area contributed by atoms with Gasteiger partial charge in [-0.2, -0.15) is 0 Å². The molecule has 1 rings (SSSR count). The molecular weight excluding hydrogens is 132 g/mol. The molecule has 0 heterocycles. The molecule has 0 heteroatoms. The van der Waals surface area contributed by atoms with Crippen LogP contribution >= 0.6 is 0 Å². The summed E-state index contributed by atoms with van der Waals surface area (Å²) in [6.07, 6.45) is 4.24. The molecule has 3 atom stereocenters. The molecule has 0 aromatic rings. The van der Waals surface area contributed by atoms with E-state index in [1.165, 1.54) is 19.3 Å². The Bertz CT molecular complexity index is 170. The smallest absolute Gasteiger partial charge is 0.0205 e. The van der Waals surface area contributed by atoms with E-state index >= 15 is 0 Å². The zero-order chi connectivity index (χ0) is 8.27. The zero-order valence-corrected chi connectivity index (χ0v) is 7.85. The molecule has 1 aliphatic carbocycles. The van der Waals surface area contributed by atoms with E-state index in [0.29, 0.717) is 5.92 Å². The van der Waals surface area contributed by atoms with Gasteiger partial charge < -0.3 is 0 Å². The summed E-state index contributed by atoms with van der Waals surface area (Å²) in [4.78, 5) is 0. The van der Waals surface area contributed by atoms with Crippen molar-refractivity contribution in [3.63, 3.8) is 0 Å². The van der Waals surface area contributed by atoms with Crippen LogP contribution in [0, 0.1) is 29.6 Å². The van der Waals surface area contributed by atoms with Crippen molar-refractivity contribution in [2.24, 2.45) is 17.8 Å². The summed E-state index contributed by atoms with van der Waals surface area (Å²) in [7, 11) is 0. The van der Waals surface area contributed by atoms with Gasteiger partial charge in [0, 0.05) is 5.92 Å². The maximum Gasteiger partial charge on any atom is 0.0205 e. The van der Waals surface area contributed by atoms with Gasteiger partial charge in [0.15, 0.2) is 0 Å². The van der Waals surface area contributed by atoms with Gasteiger partial charge in [-0.25, -0.2) is 0 Å². The Morgan fingerprint density at radius 3 is 2.55 bits per heavy atom. The maximum atomic E-state index is 3.27. The van der Waals surface area contributed by atoms with E-state index in [2.05, 4.69) is 25.7 Å². The van der Waals surface area contributed by atoms with Crippen molar-refractivity contribution in [2.75, 3.05) is 0 Å². The Morgan fingerprint density at radius 2 is 2.09 bits per heavy atom. The van der Waals surface area contributed by atoms with Gasteiger partial charge in [-0.05, 0) is 25.2 Å². The van der Waals surface area contributed by atoms with Gasteiger partial charge in [-0.1, -0.05) is 26.7 Å². The quantitative estimate of drug-likeness (QED) is 0.504. The minimum Gasteiger partial charge on any atom is -0.106 e. The molecule has 1 saturated carbocycles. The van der Waals surface area contributed by atoms with Crippen molar-refractivity contribution < 1.29 is 0 Å². The van der Waals surface area contributed by atoms with Crippen molar-refractivity contribution in [3.8, 4) is 11.8 Å². The second kappa shape index (κ2) is 3.81. The summed E-state index contributed by atoms with van der Waals surface area (Å²) < 4.78 is 0. The Labute approximate surface area is 70.4 Å². The summed E-state index contributed by atoms with van der Waals surface area (Å²) in [5.41, 5.74) is 0. The molecule has 1 fully saturated rings. The summed E-state index contributed by atoms with van der Waals surface area (Å²) in [5, 5.41) is 0. The second-order valence-electron chi connectivity index (χ2n) is 3.76. The molecule has 0 saturated heterocycles. The highest BCUT2D eigenvalue weighted by Crippen LogP contribution is 2.36. The fourth-order valence-corrected chi connectivity index (χ4v) is 2.25. The van der Waals surface area contributed by atoms with E-state index in [1.807, 2.05) is 6.92 Å². The predicted octanol–water partition coefficient (Wildman–Crippen LogP) is 3.08. The summed E-state index contributed by atoms with van der Waals surface area (Å²) in [6.45, 7) is 6.57. The third kappa shape index (κ3) is 1.99. The lowest BCUT2D eigenvalue weighted by molar-refractivity contribution is 0.349. The molecular formula is C11H18. The normalized spacial score (nSPS) is 32.6. The highest BCUT2D eigenvalue weighted by molar-refractivity contribution is 5.02. The Kier molecular flexibility index (Phi) is 3.00. The van der Waals surface area contributed by atoms with Crippen LogP contribution in [0.2, 0.25) is 0 Å². The van der Waals surface area contributed by atoms with E-state index in [9.17, 15) is 0 Å². The average Bonchev–Trinajstić information content (AvgIpc) is 2.36. The van der Waals surface area contributed by atoms with Gasteiger partial charge in [0.2, 0.25) is 0 Å². The number of hydrogen-bond acceptors (Lipinski definition) is 0. The molecule has 11 heavy (non-hydrogen) atoms. The minimum absolute atomic E-state index is 0.623. The molecule has 0 aromatic carbocycles. The van der Waals surface area contributed by atoms with Crippen molar-refractivity contribution in [3.05, 3.63) is 0 Å². The number of rotatable bonds is 1. The summed E-state index contributed by atoms with van der Waals surface area (Å²) in [5.74, 6) is 8.69. The van der Waals surface area contributed by atoms with E-state index in [4.69, 9.17) is 0 Å². The maximum absolute atomic E-state index is 3.27. The Balaban J connectivity index is 2.49. The van der Waals surface area contributed by atoms with Crippen LogP contribution < -0.4 is 0 Å². The van der Waals surface area contributed by atoms with Crippen LogP contribution in [-0.4, -0.2) is 0 Å². The van der Waals surface area contributed by atoms with Crippen LogP contribution in [0.4, 0.5) is 0 Å². The molecule has 0 spiro atoms. The van der Waals surface area contributed by atoms with Crippen LogP contribution in [0.15, 0.2) is 0 Å². The van der Waals surface area contributed by atoms with Gasteiger partial charge in [-0.3, -0.25) is 0 Å². The summed E-state index contributed by atoms with van der Waals surface area (Å²) in [6, 6.07) is 0. The van der Waals surface area contributed by atoms with Gasteiger partial charge in [0.25, 0.3) is 0 Å². The summed E-state index contributed by atoms with van der Waals surface area (Å²) >= 11 is 0. The van der Waals surface area contributed by atoms with Crippen LogP contribution in [0.5, 0.6) is 0 Å². The first-order chi connectivity index (χ1) is 5.25. The molecule has 0 radical (unpaired) electrons. The monoisotopic (exact) mass is 150 g/mol. The highest BCUT2D eigenvalue weighted by atomic mass is 14.3. The highest BCUT2D eigenvalue weighted by Gasteiger charge is 2.26. The molecule has 1 aliphatic rings. The Morgan fingerprint density at radius 1 is 1.36 bits per heavy atom. The van der Waals surface area contributed by atoms with Crippen LogP contribution in [-0.2, 0) is 0 Å². The molecule has 0 aromatic heterocycles. The first-order valence-electron chi connectivity index (χ1n) is 4.68. The third-order valence-electron chi connectivity index (χ3n) is 2.94. The standard InChI is InChI=1S/C11H18/c1-4-6-9(2)11-8-5-7-10(11)3/h9-11H,5,7-8H2,1-3H3/t9?,10-,11-/m1/s1. The van der Waals surface area contributed by atoms with Crippen LogP contribution in [0.25, 0.3) is 0 Å². The zero-order valence-electron chi connectivity index (χ0n) is 7.85. The molecule has 0 nitrogen and oxygen atoms in total. The van der Waals surface area contributed by atoms with Gasteiger partial charge >= 0.3 is 0 Å². The molecule has 0 N–H and O–H groups in total. The lowest BCUT2D eigenvalue weighted by atomic mass is 9.86. The SMILES string of the molecule is CC#CC(C)[C@H]1CCC[C@H]1C. The predicted molar refractivity (Wildman–Crippen MR) is 49.1 cm³/mol. The fourth-order valence-electron chi connectivity index (χ4n) is 2.25. The largest absolute Gasteiger partial charge is 0.106 e. The minimum atomic E-state index is 0.623. The van der Waals surface area contributed by atoms with Gasteiger partial charge in [0.05, 0.1) is 0 Å². The first kappa shape index (κ1) is 8.65. The molecule has 0 bridgehead atoms. The molecule has 62 valence electrons. The Hall–Kier alpha value is -0.440. The van der Waals surface area contributed by atoms with Crippen molar-refractivity contribution >= 4 is 0 Å². The van der Waals surface area contributed by atoms with Crippen molar-refractivity contribution in [1.29, 1.82) is 0 Å². The van der Waals surface area contributed by atoms with E-state index in [-0.39, 0.29) is 0 Å². The van der Waals surface area contributed by atoms with Crippen LogP contribution in [0.3, 0.4) is 0 Å². The average molecular weight is 150 g/mol. The van der Waals surface area contributed by atoms with Gasteiger partial charge in [0.1, 0.15) is 0 Å². The van der Waals surface area contributed by atoms with E-state index in [0.717, 1.165) is 11.8 Å². The number of hydrogen-bond donors (Lipinski definition) is 0. The van der Waals surface area contributed by atoms with E-state index < -0.39 is 0 Å². The lowest BCUT2D eigenvalue weighted by Gasteiger charge is -2.18. The molecule has 0 aliphatic heterocycles. The van der Waals surface area contributed by atoms with E-state index in [1.54, 1.807) is 0 Å². The molecule has 0 amide bonds. The topological polar surface area (TPSA) is 0 Å². The lowest BCUT2D eigenvalue weighted by Crippen LogP contribution is -2.12. The fraction of sp³-hybridized carbons (Fsp3) is 0.818. The van der Waals surface area contributed by atoms with Crippen molar-refractivity contribution in [2.45, 2.75) is 40.0 Å².